The number of rotatable bonds is 6. The summed E-state index contributed by atoms with van der Waals surface area (Å²) in [4.78, 5) is 32.7. The minimum absolute atomic E-state index is 0.515. The van der Waals surface area contributed by atoms with E-state index in [1.54, 1.807) is 0 Å². The van der Waals surface area contributed by atoms with E-state index in [4.69, 9.17) is 9.47 Å². The van der Waals surface area contributed by atoms with Gasteiger partial charge in [0.1, 0.15) is 17.3 Å². The Morgan fingerprint density at radius 3 is 1.87 bits per heavy atom. The molecule has 0 aromatic rings. The summed E-state index contributed by atoms with van der Waals surface area (Å²) in [7, 11) is 0. The molecule has 130 valence electrons. The zero-order chi connectivity index (χ0) is 17.6. The number of carbonyl (C=O) groups excluding carboxylic acids is 3. The number of carbonyl (C=O) groups is 3. The molecular formula is C12H13O11-3. The van der Waals surface area contributed by atoms with Crippen molar-refractivity contribution in [2.75, 3.05) is 6.61 Å². The molecule has 2 aliphatic rings. The number of aliphatic carboxylic acids is 3. The lowest BCUT2D eigenvalue weighted by atomic mass is 9.62. The highest BCUT2D eigenvalue weighted by atomic mass is 16.7. The van der Waals surface area contributed by atoms with E-state index in [-0.39, 0.29) is 0 Å². The molecule has 2 rings (SSSR count). The van der Waals surface area contributed by atoms with E-state index in [9.17, 15) is 45.0 Å². The second-order valence-electron chi connectivity index (χ2n) is 5.65. The first-order chi connectivity index (χ1) is 10.5. The lowest BCUT2D eigenvalue weighted by Gasteiger charge is -2.57. The van der Waals surface area contributed by atoms with E-state index >= 15 is 0 Å². The van der Waals surface area contributed by atoms with E-state index < -0.39 is 73.0 Å². The summed E-state index contributed by atoms with van der Waals surface area (Å²) in [5, 5.41) is 64.6. The lowest BCUT2D eigenvalue weighted by Crippen LogP contribution is -2.80. The molecule has 2 bridgehead atoms. The van der Waals surface area contributed by atoms with Crippen LogP contribution in [0.4, 0.5) is 0 Å². The summed E-state index contributed by atoms with van der Waals surface area (Å²) in [6.45, 7) is -0.515. The van der Waals surface area contributed by atoms with Crippen LogP contribution in [0.1, 0.15) is 19.3 Å². The van der Waals surface area contributed by atoms with E-state index in [2.05, 4.69) is 0 Å². The van der Waals surface area contributed by atoms with Gasteiger partial charge in [-0.05, 0) is 0 Å². The maximum atomic E-state index is 11.0. The summed E-state index contributed by atoms with van der Waals surface area (Å²) in [6.07, 6.45) is -7.54. The molecule has 23 heavy (non-hydrogen) atoms. The van der Waals surface area contributed by atoms with Gasteiger partial charge in [-0.15, -0.1) is 0 Å². The summed E-state index contributed by atoms with van der Waals surface area (Å²) in [6, 6.07) is 0. The Morgan fingerprint density at radius 1 is 0.913 bits per heavy atom. The van der Waals surface area contributed by atoms with E-state index in [1.165, 1.54) is 0 Å². The Kier molecular flexibility index (Phi) is 4.11. The van der Waals surface area contributed by atoms with Crippen LogP contribution < -0.4 is 15.3 Å². The van der Waals surface area contributed by atoms with Crippen LogP contribution in [-0.2, 0) is 23.9 Å². The predicted molar refractivity (Wildman–Crippen MR) is 58.3 cm³/mol. The van der Waals surface area contributed by atoms with Gasteiger partial charge in [-0.3, -0.25) is 0 Å². The fourth-order valence-electron chi connectivity index (χ4n) is 3.18. The van der Waals surface area contributed by atoms with Crippen molar-refractivity contribution in [1.29, 1.82) is 0 Å². The lowest BCUT2D eigenvalue weighted by molar-refractivity contribution is -0.381. The van der Waals surface area contributed by atoms with Crippen molar-refractivity contribution < 1.29 is 54.5 Å². The van der Waals surface area contributed by atoms with Crippen LogP contribution in [0, 0.1) is 0 Å². The fraction of sp³-hybridized carbons (Fsp3) is 0.750. The molecular weight excluding hydrogens is 320 g/mol. The number of carboxylic acids is 3. The standard InChI is InChI=1S/C12H16O11/c13-6(14)1-10(19)5-4-22-9(23-5)11(20,2-7(15)16)12(10,21)3-8(17)18/h5,9,19-21H,1-4H2,(H,13,14)(H,15,16)(H,17,18)/p-3/t5-,9+,10-,11+,12+/m1/s1. The van der Waals surface area contributed by atoms with Crippen molar-refractivity contribution in [3.05, 3.63) is 0 Å². The van der Waals surface area contributed by atoms with Crippen molar-refractivity contribution in [3.8, 4) is 0 Å². The van der Waals surface area contributed by atoms with Crippen molar-refractivity contribution in [3.63, 3.8) is 0 Å². The molecule has 11 heteroatoms. The molecule has 0 saturated carbocycles. The van der Waals surface area contributed by atoms with Crippen molar-refractivity contribution in [2.24, 2.45) is 0 Å². The Bertz CT molecular complexity index is 509. The maximum absolute atomic E-state index is 11.0. The highest BCUT2D eigenvalue weighted by molar-refractivity contribution is 5.71. The average molecular weight is 333 g/mol. The Morgan fingerprint density at radius 2 is 1.39 bits per heavy atom. The van der Waals surface area contributed by atoms with Crippen LogP contribution >= 0.6 is 0 Å². The van der Waals surface area contributed by atoms with Gasteiger partial charge >= 0.3 is 0 Å². The van der Waals surface area contributed by atoms with Gasteiger partial charge in [0, 0.05) is 37.2 Å². The first-order valence-corrected chi connectivity index (χ1v) is 6.50. The van der Waals surface area contributed by atoms with Crippen LogP contribution in [0.3, 0.4) is 0 Å². The molecule has 5 atom stereocenters. The molecule has 0 spiro atoms. The highest BCUT2D eigenvalue weighted by Gasteiger charge is 2.74. The zero-order valence-corrected chi connectivity index (χ0v) is 11.6. The summed E-state index contributed by atoms with van der Waals surface area (Å²) >= 11 is 0. The summed E-state index contributed by atoms with van der Waals surface area (Å²) < 4.78 is 9.97. The fourth-order valence-corrected chi connectivity index (χ4v) is 3.18. The molecule has 0 aromatic carbocycles. The molecule has 2 heterocycles. The summed E-state index contributed by atoms with van der Waals surface area (Å²) in [5.41, 5.74) is -9.06. The Hall–Kier alpha value is -1.79. The molecule has 2 saturated heterocycles. The van der Waals surface area contributed by atoms with Crippen LogP contribution in [0.15, 0.2) is 0 Å². The second kappa shape index (κ2) is 5.39. The number of fused-ring (bicyclic) bond motifs is 2. The van der Waals surface area contributed by atoms with Crippen molar-refractivity contribution >= 4 is 17.9 Å². The maximum Gasteiger partial charge on any atom is 0.190 e. The first kappa shape index (κ1) is 17.6. The van der Waals surface area contributed by atoms with E-state index in [1.807, 2.05) is 0 Å². The first-order valence-electron chi connectivity index (χ1n) is 6.50. The van der Waals surface area contributed by atoms with Crippen LogP contribution in [-0.4, -0.2) is 69.0 Å². The van der Waals surface area contributed by atoms with Gasteiger partial charge in [0.05, 0.1) is 6.61 Å². The van der Waals surface area contributed by atoms with E-state index in [0.29, 0.717) is 0 Å². The molecule has 0 unspecified atom stereocenters. The third-order valence-corrected chi connectivity index (χ3v) is 4.27. The van der Waals surface area contributed by atoms with E-state index in [0.717, 1.165) is 0 Å². The number of aliphatic hydroxyl groups is 3. The largest absolute Gasteiger partial charge is 0.550 e. The Labute approximate surface area is 128 Å². The van der Waals surface area contributed by atoms with Gasteiger partial charge < -0.3 is 54.5 Å². The van der Waals surface area contributed by atoms with Crippen LogP contribution in [0.5, 0.6) is 0 Å². The second-order valence-corrected chi connectivity index (χ2v) is 5.65. The molecule has 0 aliphatic carbocycles. The molecule has 2 aliphatic heterocycles. The quantitative estimate of drug-likeness (QED) is 0.417. The molecule has 3 N–H and O–H groups in total. The molecule has 0 aromatic heterocycles. The van der Waals surface area contributed by atoms with Gasteiger partial charge in [-0.25, -0.2) is 0 Å². The molecule has 0 radical (unpaired) electrons. The predicted octanol–water partition coefficient (Wildman–Crippen LogP) is -6.65. The Balaban J connectivity index is 2.61. The van der Waals surface area contributed by atoms with Crippen LogP contribution in [0.2, 0.25) is 0 Å². The summed E-state index contributed by atoms with van der Waals surface area (Å²) in [5.74, 6) is -5.78. The van der Waals surface area contributed by atoms with Crippen LogP contribution in [0.25, 0.3) is 0 Å². The van der Waals surface area contributed by atoms with Crippen molar-refractivity contribution in [2.45, 2.75) is 48.5 Å². The number of hydrogen-bond donors (Lipinski definition) is 3. The smallest absolute Gasteiger partial charge is 0.190 e. The number of hydrogen-bond acceptors (Lipinski definition) is 11. The molecule has 11 nitrogen and oxygen atoms in total. The SMILES string of the molecule is O=C([O-])C[C@]1(O)[C@@](O)(CC(=O)[O-])[C@H]2CO[C@@H](O2)[C@@]1(O)CC(=O)[O-]. The third kappa shape index (κ3) is 2.46. The highest BCUT2D eigenvalue weighted by Crippen LogP contribution is 2.52. The minimum atomic E-state index is -3.16. The average Bonchev–Trinajstić information content (AvgIpc) is 2.83. The van der Waals surface area contributed by atoms with Gasteiger partial charge in [-0.1, -0.05) is 0 Å². The van der Waals surface area contributed by atoms with Gasteiger partial charge in [0.25, 0.3) is 0 Å². The number of carboxylic acid groups (broad SMARTS) is 3. The van der Waals surface area contributed by atoms with Gasteiger partial charge in [-0.2, -0.15) is 0 Å². The topological polar surface area (TPSA) is 200 Å². The third-order valence-electron chi connectivity index (χ3n) is 4.27. The number of ether oxygens (including phenoxy) is 2. The zero-order valence-electron chi connectivity index (χ0n) is 11.6. The van der Waals surface area contributed by atoms with Crippen molar-refractivity contribution in [1.82, 2.24) is 0 Å². The minimum Gasteiger partial charge on any atom is -0.550 e. The normalized spacial score (nSPS) is 42.4. The van der Waals surface area contributed by atoms with Gasteiger partial charge in [0.2, 0.25) is 0 Å². The molecule has 0 amide bonds. The monoisotopic (exact) mass is 333 g/mol. The molecule has 2 fully saturated rings. The van der Waals surface area contributed by atoms with Gasteiger partial charge in [0.15, 0.2) is 11.9 Å².